The first kappa shape index (κ1) is 29.1. The molecule has 8 heteroatoms. The van der Waals surface area contributed by atoms with Gasteiger partial charge in [-0.15, -0.1) is 0 Å². The summed E-state index contributed by atoms with van der Waals surface area (Å²) in [6.07, 6.45) is 5.35. The zero-order valence-electron chi connectivity index (χ0n) is 23.0. The average Bonchev–Trinajstić information content (AvgIpc) is 3.42. The van der Waals surface area contributed by atoms with Crippen LogP contribution in [0.5, 0.6) is 5.75 Å². The van der Waals surface area contributed by atoms with Gasteiger partial charge in [0.2, 0.25) is 0 Å². The Morgan fingerprint density at radius 2 is 1.69 bits per heavy atom. The summed E-state index contributed by atoms with van der Waals surface area (Å²) in [5, 5.41) is 1.04. The summed E-state index contributed by atoms with van der Waals surface area (Å²) in [5.74, 6) is 0.176. The van der Waals surface area contributed by atoms with Gasteiger partial charge in [-0.3, -0.25) is 0 Å². The van der Waals surface area contributed by atoms with Crippen LogP contribution >= 0.6 is 23.2 Å². The van der Waals surface area contributed by atoms with E-state index in [0.717, 1.165) is 16.7 Å². The van der Waals surface area contributed by atoms with E-state index in [1.165, 1.54) is 7.11 Å². The van der Waals surface area contributed by atoms with Gasteiger partial charge in [-0.2, -0.15) is 0 Å². The van der Waals surface area contributed by atoms with Gasteiger partial charge in [-0.05, 0) is 72.7 Å². The van der Waals surface area contributed by atoms with Crippen molar-refractivity contribution in [3.8, 4) is 28.1 Å². The predicted octanol–water partition coefficient (Wildman–Crippen LogP) is 9.22. The van der Waals surface area contributed by atoms with Gasteiger partial charge in [-0.1, -0.05) is 65.7 Å². The molecule has 0 atom stereocenters. The molecule has 0 spiro atoms. The minimum Gasteiger partial charge on any atom is -0.488 e. The molecule has 0 aliphatic heterocycles. The van der Waals surface area contributed by atoms with Crippen LogP contribution in [0, 0.1) is 5.82 Å². The molecule has 0 saturated heterocycles. The van der Waals surface area contributed by atoms with Crippen molar-refractivity contribution in [2.24, 2.45) is 0 Å². The first-order valence-corrected chi connectivity index (χ1v) is 14.0. The summed E-state index contributed by atoms with van der Waals surface area (Å²) in [6, 6.07) is 25.0. The fraction of sp³-hybridized carbons (Fsp3) is 0.118. The second kappa shape index (κ2) is 13.1. The van der Waals surface area contributed by atoms with Crippen LogP contribution in [0.25, 0.3) is 34.5 Å². The Morgan fingerprint density at radius 3 is 2.38 bits per heavy atom. The van der Waals surface area contributed by atoms with Gasteiger partial charge in [0.1, 0.15) is 24.0 Å². The van der Waals surface area contributed by atoms with Crippen LogP contribution < -0.4 is 4.74 Å². The van der Waals surface area contributed by atoms with Gasteiger partial charge in [0.05, 0.1) is 29.0 Å². The molecular formula is C34H27Cl2FN2O3. The molecule has 1 aromatic heterocycles. The van der Waals surface area contributed by atoms with E-state index < -0.39 is 11.8 Å². The molecule has 212 valence electrons. The largest absolute Gasteiger partial charge is 0.488 e. The first-order chi connectivity index (χ1) is 20.4. The standard InChI is InChI=1S/C34H27Cl2FN2O3/c1-3-39-20-30(27-14-13-25(35)19-29(27)36)38-32(39)18-16-28-31(17-15-26(33(28)37)23-7-5-4-6-8-23)42-21-22-9-11-24(12-10-22)34(40)41-2/h4-20H,3,21H2,1-2H3/b18-16+. The quantitative estimate of drug-likeness (QED) is 0.158. The molecule has 0 N–H and O–H groups in total. The summed E-state index contributed by atoms with van der Waals surface area (Å²) < 4.78 is 29.0. The highest BCUT2D eigenvalue weighted by molar-refractivity contribution is 6.36. The molecule has 1 heterocycles. The molecule has 0 fully saturated rings. The second-order valence-electron chi connectivity index (χ2n) is 9.41. The molecule has 0 amide bonds. The Morgan fingerprint density at radius 1 is 0.952 bits per heavy atom. The fourth-order valence-corrected chi connectivity index (χ4v) is 5.02. The number of imidazole rings is 1. The van der Waals surface area contributed by atoms with E-state index in [1.807, 2.05) is 54.1 Å². The van der Waals surface area contributed by atoms with Crippen molar-refractivity contribution in [1.29, 1.82) is 0 Å². The summed E-state index contributed by atoms with van der Waals surface area (Å²) in [6.45, 7) is 2.83. The lowest BCUT2D eigenvalue weighted by Gasteiger charge is -2.14. The number of nitrogens with zero attached hydrogens (tertiary/aromatic N) is 2. The third-order valence-electron chi connectivity index (χ3n) is 6.75. The number of hydrogen-bond donors (Lipinski definition) is 0. The molecule has 0 saturated carbocycles. The minimum absolute atomic E-state index is 0.176. The van der Waals surface area contributed by atoms with Crippen molar-refractivity contribution in [3.63, 3.8) is 0 Å². The molecule has 42 heavy (non-hydrogen) atoms. The van der Waals surface area contributed by atoms with Crippen LogP contribution in [0.2, 0.25) is 10.0 Å². The van der Waals surface area contributed by atoms with E-state index in [-0.39, 0.29) is 6.61 Å². The molecule has 4 aromatic carbocycles. The SMILES string of the molecule is CCn1cc(-c2ccc(Cl)cc2Cl)nc1/C=C/c1c(OCc2ccc(C(=O)OC)cc2)ccc(-c2ccccc2)c1F. The molecule has 0 aliphatic rings. The van der Waals surface area contributed by atoms with Gasteiger partial charge >= 0.3 is 5.97 Å². The maximum atomic E-state index is 16.1. The third-order valence-corrected chi connectivity index (χ3v) is 7.30. The lowest BCUT2D eigenvalue weighted by molar-refractivity contribution is 0.0600. The van der Waals surface area contributed by atoms with Crippen molar-refractivity contribution in [3.05, 3.63) is 130 Å². The van der Waals surface area contributed by atoms with Crippen LogP contribution in [0.15, 0.2) is 91.1 Å². The van der Waals surface area contributed by atoms with Gasteiger partial charge < -0.3 is 14.0 Å². The molecule has 0 radical (unpaired) electrons. The number of ether oxygens (including phenoxy) is 2. The monoisotopic (exact) mass is 600 g/mol. The van der Waals surface area contributed by atoms with Crippen LogP contribution in [-0.4, -0.2) is 22.6 Å². The number of carbonyl (C=O) groups excluding carboxylic acids is 1. The van der Waals surface area contributed by atoms with Gasteiger partial charge in [0, 0.05) is 28.9 Å². The van der Waals surface area contributed by atoms with E-state index in [9.17, 15) is 4.79 Å². The lowest BCUT2D eigenvalue weighted by atomic mass is 10.0. The Labute approximate surface area is 253 Å². The molecule has 0 unspecified atom stereocenters. The molecule has 0 aliphatic carbocycles. The van der Waals surface area contributed by atoms with Crippen LogP contribution in [-0.2, 0) is 17.9 Å². The van der Waals surface area contributed by atoms with Gasteiger partial charge in [-0.25, -0.2) is 14.2 Å². The lowest BCUT2D eigenvalue weighted by Crippen LogP contribution is -2.03. The fourth-order valence-electron chi connectivity index (χ4n) is 4.51. The Balaban J connectivity index is 1.50. The Bertz CT molecular complexity index is 1750. The summed E-state index contributed by atoms with van der Waals surface area (Å²) in [7, 11) is 1.34. The topological polar surface area (TPSA) is 53.4 Å². The molecule has 5 aromatic rings. The summed E-state index contributed by atoms with van der Waals surface area (Å²) in [5.41, 5.74) is 4.19. The van der Waals surface area contributed by atoms with Crippen molar-refractivity contribution < 1.29 is 18.7 Å². The number of aromatic nitrogens is 2. The third kappa shape index (κ3) is 6.40. The molecule has 5 rings (SSSR count). The minimum atomic E-state index is -0.416. The number of rotatable bonds is 9. The van der Waals surface area contributed by atoms with Crippen molar-refractivity contribution in [2.75, 3.05) is 7.11 Å². The normalized spacial score (nSPS) is 11.2. The van der Waals surface area contributed by atoms with Crippen molar-refractivity contribution in [2.45, 2.75) is 20.1 Å². The zero-order valence-corrected chi connectivity index (χ0v) is 24.5. The molecular weight excluding hydrogens is 574 g/mol. The van der Waals surface area contributed by atoms with E-state index >= 15 is 4.39 Å². The van der Waals surface area contributed by atoms with Crippen LogP contribution in [0.1, 0.15) is 34.2 Å². The number of methoxy groups -OCH3 is 1. The summed E-state index contributed by atoms with van der Waals surface area (Å²) in [4.78, 5) is 16.5. The predicted molar refractivity (Wildman–Crippen MR) is 166 cm³/mol. The van der Waals surface area contributed by atoms with Crippen LogP contribution in [0.4, 0.5) is 4.39 Å². The van der Waals surface area contributed by atoms with E-state index in [4.69, 9.17) is 37.7 Å². The summed E-state index contributed by atoms with van der Waals surface area (Å²) >= 11 is 12.5. The highest BCUT2D eigenvalue weighted by atomic mass is 35.5. The van der Waals surface area contributed by atoms with E-state index in [1.54, 1.807) is 60.7 Å². The van der Waals surface area contributed by atoms with Gasteiger partial charge in [0.15, 0.2) is 0 Å². The first-order valence-electron chi connectivity index (χ1n) is 13.3. The van der Waals surface area contributed by atoms with E-state index in [0.29, 0.717) is 50.5 Å². The number of benzene rings is 4. The van der Waals surface area contributed by atoms with Crippen molar-refractivity contribution >= 4 is 41.3 Å². The number of carbonyl (C=O) groups is 1. The highest BCUT2D eigenvalue weighted by Gasteiger charge is 2.16. The smallest absolute Gasteiger partial charge is 0.337 e. The van der Waals surface area contributed by atoms with Gasteiger partial charge in [0.25, 0.3) is 0 Å². The Hall–Kier alpha value is -4.39. The van der Waals surface area contributed by atoms with E-state index in [2.05, 4.69) is 0 Å². The number of hydrogen-bond acceptors (Lipinski definition) is 4. The zero-order chi connectivity index (χ0) is 29.6. The second-order valence-corrected chi connectivity index (χ2v) is 10.3. The van der Waals surface area contributed by atoms with Crippen molar-refractivity contribution in [1.82, 2.24) is 9.55 Å². The average molecular weight is 602 g/mol. The molecule has 5 nitrogen and oxygen atoms in total. The maximum Gasteiger partial charge on any atom is 0.337 e. The molecule has 0 bridgehead atoms. The number of halogens is 3. The van der Waals surface area contributed by atoms with Crippen LogP contribution in [0.3, 0.4) is 0 Å². The highest BCUT2D eigenvalue weighted by Crippen LogP contribution is 2.34. The Kier molecular flexibility index (Phi) is 9.06. The number of esters is 1. The number of aryl methyl sites for hydroxylation is 1. The maximum absolute atomic E-state index is 16.1.